The van der Waals surface area contributed by atoms with E-state index >= 15 is 0 Å². The summed E-state index contributed by atoms with van der Waals surface area (Å²) < 4.78 is 8.01. The molecule has 0 bridgehead atoms. The Balaban J connectivity index is 1.45. The van der Waals surface area contributed by atoms with Crippen molar-refractivity contribution in [1.29, 1.82) is 0 Å². The minimum atomic E-state index is -0.438. The summed E-state index contributed by atoms with van der Waals surface area (Å²) in [5, 5.41) is 11.8. The number of nitrogens with zero attached hydrogens (tertiary/aromatic N) is 4. The van der Waals surface area contributed by atoms with Crippen molar-refractivity contribution in [2.24, 2.45) is 11.7 Å². The highest BCUT2D eigenvalue weighted by molar-refractivity contribution is 7.17. The van der Waals surface area contributed by atoms with Crippen molar-refractivity contribution >= 4 is 38.3 Å². The predicted octanol–water partition coefficient (Wildman–Crippen LogP) is 4.39. The minimum Gasteiger partial charge on any atom is -0.511 e. The van der Waals surface area contributed by atoms with Crippen LogP contribution in [-0.4, -0.2) is 30.7 Å². The first kappa shape index (κ1) is 22.6. The monoisotopic (exact) mass is 499 g/mol. The van der Waals surface area contributed by atoms with Gasteiger partial charge >= 0.3 is 5.69 Å². The molecule has 0 amide bonds. The number of para-hydroxylation sites is 1. The molecule has 4 heterocycles. The number of thiophene rings is 1. The molecule has 8 nitrogen and oxygen atoms in total. The van der Waals surface area contributed by atoms with Gasteiger partial charge in [-0.15, -0.1) is 11.3 Å². The van der Waals surface area contributed by atoms with Crippen molar-refractivity contribution in [1.82, 2.24) is 19.5 Å². The van der Waals surface area contributed by atoms with Crippen molar-refractivity contribution in [2.75, 3.05) is 0 Å². The average Bonchev–Trinajstić information content (AvgIpc) is 3.44. The van der Waals surface area contributed by atoms with Gasteiger partial charge in [-0.25, -0.2) is 14.8 Å². The highest BCUT2D eigenvalue weighted by Gasteiger charge is 2.24. The topological polar surface area (TPSA) is 116 Å². The molecular formula is C27H25N5O3S. The number of benzene rings is 1. The lowest BCUT2D eigenvalue weighted by Crippen LogP contribution is -2.24. The Labute approximate surface area is 210 Å². The van der Waals surface area contributed by atoms with Crippen LogP contribution < -0.4 is 20.7 Å². The molecule has 9 heteroatoms. The lowest BCUT2D eigenvalue weighted by Gasteiger charge is -2.13. The normalized spacial score (nSPS) is 18.7. The number of aliphatic hydroxyl groups excluding tert-OH is 1. The number of aryl methyl sites for hydroxylation is 1. The summed E-state index contributed by atoms with van der Waals surface area (Å²) >= 11 is 1.36. The quantitative estimate of drug-likeness (QED) is 0.368. The molecule has 3 N–H and O–H groups in total. The maximum Gasteiger partial charge on any atom is 0.353 e. The van der Waals surface area contributed by atoms with Crippen molar-refractivity contribution in [2.45, 2.75) is 38.6 Å². The van der Waals surface area contributed by atoms with Gasteiger partial charge in [0.2, 0.25) is 5.88 Å². The predicted molar refractivity (Wildman–Crippen MR) is 141 cm³/mol. The SMILES string of the molecule is Cc1cc(Oc2ccccc2)ncc1-n1c(=O)nc2c(=C(O)C[C@@H]3CC[C@@H](N)C3)sc3nccc1c32. The van der Waals surface area contributed by atoms with Gasteiger partial charge in [-0.1, -0.05) is 18.2 Å². The Hall–Kier alpha value is -3.82. The number of ether oxygens (including phenoxy) is 1. The van der Waals surface area contributed by atoms with Gasteiger partial charge in [0.05, 0.1) is 27.3 Å². The van der Waals surface area contributed by atoms with Gasteiger partial charge in [-0.3, -0.25) is 4.57 Å². The highest BCUT2D eigenvalue weighted by Crippen LogP contribution is 2.31. The lowest BCUT2D eigenvalue weighted by molar-refractivity contribution is 0.431. The van der Waals surface area contributed by atoms with Crippen LogP contribution in [0.15, 0.2) is 59.7 Å². The van der Waals surface area contributed by atoms with E-state index in [0.717, 1.165) is 35.0 Å². The molecular weight excluding hydrogens is 474 g/mol. The first-order valence-electron chi connectivity index (χ1n) is 12.0. The molecule has 0 spiro atoms. The third-order valence-electron chi connectivity index (χ3n) is 6.77. The van der Waals surface area contributed by atoms with Crippen molar-refractivity contribution in [3.8, 4) is 17.3 Å². The van der Waals surface area contributed by atoms with Crippen LogP contribution >= 0.6 is 11.3 Å². The van der Waals surface area contributed by atoms with Gasteiger partial charge in [0.25, 0.3) is 0 Å². The molecule has 1 fully saturated rings. The van der Waals surface area contributed by atoms with E-state index in [4.69, 9.17) is 10.5 Å². The molecule has 2 atom stereocenters. The summed E-state index contributed by atoms with van der Waals surface area (Å²) in [5.74, 6) is 1.71. The van der Waals surface area contributed by atoms with Crippen LogP contribution in [-0.2, 0) is 0 Å². The number of hydrogen-bond donors (Lipinski definition) is 2. The first-order chi connectivity index (χ1) is 17.5. The number of pyridine rings is 2. The van der Waals surface area contributed by atoms with E-state index in [1.807, 2.05) is 37.3 Å². The van der Waals surface area contributed by atoms with E-state index in [1.165, 1.54) is 11.3 Å². The molecule has 4 aromatic heterocycles. The highest BCUT2D eigenvalue weighted by atomic mass is 32.1. The van der Waals surface area contributed by atoms with Gasteiger partial charge < -0.3 is 15.6 Å². The van der Waals surface area contributed by atoms with E-state index in [2.05, 4.69) is 15.0 Å². The van der Waals surface area contributed by atoms with Crippen LogP contribution in [0.4, 0.5) is 0 Å². The molecule has 1 aliphatic carbocycles. The Morgan fingerprint density at radius 1 is 1.22 bits per heavy atom. The summed E-state index contributed by atoms with van der Waals surface area (Å²) in [5.41, 5.74) is 8.22. The minimum absolute atomic E-state index is 0.193. The van der Waals surface area contributed by atoms with Crippen molar-refractivity contribution < 1.29 is 9.84 Å². The number of nitrogens with two attached hydrogens (primary N) is 1. The fraction of sp³-hybridized carbons (Fsp3) is 0.259. The molecule has 5 aromatic rings. The molecule has 1 saturated carbocycles. The van der Waals surface area contributed by atoms with E-state index in [9.17, 15) is 9.90 Å². The molecule has 1 aromatic carbocycles. The molecule has 1 aliphatic rings. The number of hydrogen-bond acceptors (Lipinski definition) is 8. The zero-order valence-corrected chi connectivity index (χ0v) is 20.5. The second kappa shape index (κ2) is 9.00. The summed E-state index contributed by atoms with van der Waals surface area (Å²) in [6.07, 6.45) is 6.70. The summed E-state index contributed by atoms with van der Waals surface area (Å²) in [7, 11) is 0. The Bertz CT molecular complexity index is 1700. The fourth-order valence-corrected chi connectivity index (χ4v) is 6.10. The third kappa shape index (κ3) is 4.00. The third-order valence-corrected chi connectivity index (χ3v) is 7.91. The van der Waals surface area contributed by atoms with E-state index < -0.39 is 5.69 Å². The maximum atomic E-state index is 13.4. The van der Waals surface area contributed by atoms with Gasteiger partial charge in [-0.2, -0.15) is 4.98 Å². The van der Waals surface area contributed by atoms with Crippen molar-refractivity contribution in [3.63, 3.8) is 0 Å². The number of rotatable bonds is 5. The standard InChI is InChI=1S/C27H25N5O3S/c1-15-11-22(35-18-5-3-2-4-6-18)30-14-20(15)32-19-9-10-29-26-23(19)24(31-27(32)34)25(36-26)21(33)13-16-7-8-17(28)12-16/h2-6,9-11,14,16-17,33H,7-8,12-13,28H2,1H3/t16-,17-/m1/s1. The van der Waals surface area contributed by atoms with Gasteiger partial charge in [0.1, 0.15) is 21.9 Å². The molecule has 0 saturated heterocycles. The van der Waals surface area contributed by atoms with Gasteiger partial charge in [0.15, 0.2) is 0 Å². The van der Waals surface area contributed by atoms with Crippen LogP contribution in [0.5, 0.6) is 11.6 Å². The second-order valence-corrected chi connectivity index (χ2v) is 10.3. The van der Waals surface area contributed by atoms with E-state index in [1.54, 1.807) is 29.1 Å². The smallest absolute Gasteiger partial charge is 0.353 e. The van der Waals surface area contributed by atoms with Crippen LogP contribution in [0, 0.1) is 12.8 Å². The summed E-state index contributed by atoms with van der Waals surface area (Å²) in [6.45, 7) is 1.90. The average molecular weight is 500 g/mol. The molecule has 36 heavy (non-hydrogen) atoms. The lowest BCUT2D eigenvalue weighted by atomic mass is 10.0. The largest absolute Gasteiger partial charge is 0.511 e. The van der Waals surface area contributed by atoms with Crippen LogP contribution in [0.2, 0.25) is 0 Å². The van der Waals surface area contributed by atoms with Gasteiger partial charge in [-0.05, 0) is 55.9 Å². The van der Waals surface area contributed by atoms with E-state index in [-0.39, 0.29) is 11.8 Å². The van der Waals surface area contributed by atoms with Gasteiger partial charge in [0, 0.05) is 24.7 Å². The Morgan fingerprint density at radius 2 is 2.06 bits per heavy atom. The van der Waals surface area contributed by atoms with Crippen LogP contribution in [0.25, 0.3) is 32.7 Å². The fourth-order valence-electron chi connectivity index (χ4n) is 5.05. The Kier molecular flexibility index (Phi) is 5.66. The molecule has 0 unspecified atom stereocenters. The van der Waals surface area contributed by atoms with Crippen LogP contribution in [0.1, 0.15) is 31.2 Å². The summed E-state index contributed by atoms with van der Waals surface area (Å²) in [6, 6.07) is 13.2. The molecule has 0 radical (unpaired) electrons. The molecule has 6 rings (SSSR count). The first-order valence-corrected chi connectivity index (χ1v) is 12.8. The summed E-state index contributed by atoms with van der Waals surface area (Å²) in [4.78, 5) is 27.4. The maximum absolute atomic E-state index is 13.4. The van der Waals surface area contributed by atoms with Crippen LogP contribution in [0.3, 0.4) is 0 Å². The molecule has 0 aliphatic heterocycles. The van der Waals surface area contributed by atoms with E-state index in [0.29, 0.717) is 45.2 Å². The number of aromatic nitrogens is 4. The second-order valence-electron chi connectivity index (χ2n) is 9.33. The van der Waals surface area contributed by atoms with Crippen molar-refractivity contribution in [3.05, 3.63) is 75.4 Å². The zero-order valence-electron chi connectivity index (χ0n) is 19.7. The zero-order chi connectivity index (χ0) is 24.8. The number of aliphatic hydroxyl groups is 1. The Morgan fingerprint density at radius 3 is 2.81 bits per heavy atom. The molecule has 182 valence electrons.